The van der Waals surface area contributed by atoms with Crippen molar-refractivity contribution in [3.63, 3.8) is 0 Å². The Bertz CT molecular complexity index is 675. The molecule has 1 aliphatic heterocycles. The Morgan fingerprint density at radius 2 is 1.76 bits per heavy atom. The Hall–Kier alpha value is -2.67. The van der Waals surface area contributed by atoms with Gasteiger partial charge in [0.2, 0.25) is 0 Å². The van der Waals surface area contributed by atoms with Gasteiger partial charge in [0.05, 0.1) is 0 Å². The summed E-state index contributed by atoms with van der Waals surface area (Å²) in [6.45, 7) is 1.76. The van der Waals surface area contributed by atoms with Crippen LogP contribution >= 0.6 is 0 Å². The van der Waals surface area contributed by atoms with Gasteiger partial charge >= 0.3 is 0 Å². The summed E-state index contributed by atoms with van der Waals surface area (Å²) in [5.41, 5.74) is 3.10. The fraction of sp³-hybridized carbons (Fsp3) is 0.235. The lowest BCUT2D eigenvalue weighted by molar-refractivity contribution is 0.678. The van der Waals surface area contributed by atoms with E-state index in [0.29, 0.717) is 11.5 Å². The number of benzene rings is 1. The van der Waals surface area contributed by atoms with Gasteiger partial charge in [0.25, 0.3) is 0 Å². The van der Waals surface area contributed by atoms with Crippen molar-refractivity contribution in [1.29, 1.82) is 5.26 Å². The number of hydrogen-bond donors (Lipinski definition) is 0. The van der Waals surface area contributed by atoms with Crippen molar-refractivity contribution in [3.8, 4) is 6.07 Å². The van der Waals surface area contributed by atoms with Crippen LogP contribution in [0.5, 0.6) is 0 Å². The minimum Gasteiger partial charge on any atom is -0.354 e. The minimum absolute atomic E-state index is 0.410. The molecule has 0 spiro atoms. The van der Waals surface area contributed by atoms with E-state index in [4.69, 9.17) is 5.26 Å². The second kappa shape index (κ2) is 6.19. The van der Waals surface area contributed by atoms with Crippen LogP contribution in [0.4, 0.5) is 5.82 Å². The van der Waals surface area contributed by atoms with Crippen molar-refractivity contribution in [1.82, 2.24) is 9.97 Å². The van der Waals surface area contributed by atoms with Crippen LogP contribution in [0, 0.1) is 11.3 Å². The fourth-order valence-electron chi connectivity index (χ4n) is 2.58. The second-order valence-electron chi connectivity index (χ2n) is 5.04. The number of aromatic nitrogens is 2. The van der Waals surface area contributed by atoms with Crippen molar-refractivity contribution in [3.05, 3.63) is 59.6 Å². The van der Waals surface area contributed by atoms with Gasteiger partial charge in [0.15, 0.2) is 11.5 Å². The van der Waals surface area contributed by atoms with Crippen LogP contribution in [-0.4, -0.2) is 23.1 Å². The zero-order chi connectivity index (χ0) is 14.5. The SMILES string of the molecule is N#Cc1nccnc1N1CCC(=Cc2ccccc2)CC1. The lowest BCUT2D eigenvalue weighted by Gasteiger charge is -2.29. The standard InChI is InChI=1S/C17H16N4/c18-13-16-17(20-9-8-19-16)21-10-6-15(7-11-21)12-14-4-2-1-3-5-14/h1-5,8-9,12H,6-7,10-11H2. The Labute approximate surface area is 124 Å². The largest absolute Gasteiger partial charge is 0.354 e. The van der Waals surface area contributed by atoms with Crippen molar-refractivity contribution >= 4 is 11.9 Å². The van der Waals surface area contributed by atoms with E-state index >= 15 is 0 Å². The summed E-state index contributed by atoms with van der Waals surface area (Å²) in [5, 5.41) is 9.11. The number of nitriles is 1. The molecule has 4 nitrogen and oxygen atoms in total. The van der Waals surface area contributed by atoms with E-state index < -0.39 is 0 Å². The van der Waals surface area contributed by atoms with Gasteiger partial charge in [-0.3, -0.25) is 0 Å². The molecule has 3 rings (SSSR count). The molecule has 2 aromatic rings. The molecule has 0 unspecified atom stereocenters. The molecule has 1 aromatic heterocycles. The van der Waals surface area contributed by atoms with Gasteiger partial charge in [-0.15, -0.1) is 0 Å². The number of anilines is 1. The summed E-state index contributed by atoms with van der Waals surface area (Å²) >= 11 is 0. The molecule has 0 bridgehead atoms. The van der Waals surface area contributed by atoms with Gasteiger partial charge in [0, 0.05) is 25.5 Å². The van der Waals surface area contributed by atoms with Gasteiger partial charge in [-0.05, 0) is 18.4 Å². The molecule has 0 atom stereocenters. The minimum atomic E-state index is 0.410. The summed E-state index contributed by atoms with van der Waals surface area (Å²) in [7, 11) is 0. The number of nitrogens with zero attached hydrogens (tertiary/aromatic N) is 4. The van der Waals surface area contributed by atoms with Crippen molar-refractivity contribution in [2.24, 2.45) is 0 Å². The normalized spacial score (nSPS) is 14.6. The summed E-state index contributed by atoms with van der Waals surface area (Å²) in [5.74, 6) is 0.707. The third-order valence-electron chi connectivity index (χ3n) is 3.66. The molecule has 21 heavy (non-hydrogen) atoms. The maximum absolute atomic E-state index is 9.11. The first-order valence-electron chi connectivity index (χ1n) is 7.07. The predicted molar refractivity (Wildman–Crippen MR) is 82.6 cm³/mol. The molecule has 1 aromatic carbocycles. The Morgan fingerprint density at radius 3 is 2.48 bits per heavy atom. The van der Waals surface area contributed by atoms with Gasteiger partial charge in [-0.1, -0.05) is 42.0 Å². The maximum Gasteiger partial charge on any atom is 0.183 e. The first-order chi connectivity index (χ1) is 10.4. The third kappa shape index (κ3) is 3.09. The van der Waals surface area contributed by atoms with Crippen LogP contribution in [0.1, 0.15) is 24.1 Å². The second-order valence-corrected chi connectivity index (χ2v) is 5.04. The first kappa shape index (κ1) is 13.3. The molecule has 0 amide bonds. The summed E-state index contributed by atoms with van der Waals surface area (Å²) in [4.78, 5) is 10.5. The Balaban J connectivity index is 1.71. The van der Waals surface area contributed by atoms with Crippen LogP contribution in [0.15, 0.2) is 48.3 Å². The highest BCUT2D eigenvalue weighted by atomic mass is 15.2. The Kier molecular flexibility index (Phi) is 3.92. The van der Waals surface area contributed by atoms with E-state index in [2.05, 4.69) is 51.3 Å². The van der Waals surface area contributed by atoms with E-state index in [1.807, 2.05) is 6.07 Å². The van der Waals surface area contributed by atoms with Crippen molar-refractivity contribution in [2.45, 2.75) is 12.8 Å². The molecule has 1 fully saturated rings. The van der Waals surface area contributed by atoms with Crippen LogP contribution in [0.2, 0.25) is 0 Å². The number of hydrogen-bond acceptors (Lipinski definition) is 4. The smallest absolute Gasteiger partial charge is 0.183 e. The zero-order valence-corrected chi connectivity index (χ0v) is 11.7. The highest BCUT2D eigenvalue weighted by Crippen LogP contribution is 2.24. The average molecular weight is 276 g/mol. The summed E-state index contributed by atoms with van der Waals surface area (Å²) < 4.78 is 0. The molecular weight excluding hydrogens is 260 g/mol. The summed E-state index contributed by atoms with van der Waals surface area (Å²) in [6, 6.07) is 12.5. The van der Waals surface area contributed by atoms with Gasteiger partial charge in [-0.25, -0.2) is 9.97 Å². The van der Waals surface area contributed by atoms with Crippen molar-refractivity contribution in [2.75, 3.05) is 18.0 Å². The molecule has 2 heterocycles. The van der Waals surface area contributed by atoms with Crippen LogP contribution in [0.25, 0.3) is 6.08 Å². The van der Waals surface area contributed by atoms with Crippen LogP contribution < -0.4 is 4.90 Å². The Morgan fingerprint density at radius 1 is 1.05 bits per heavy atom. The maximum atomic E-state index is 9.11. The molecular formula is C17H16N4. The average Bonchev–Trinajstić information content (AvgIpc) is 2.56. The van der Waals surface area contributed by atoms with Gasteiger partial charge in [0.1, 0.15) is 6.07 Å². The number of rotatable bonds is 2. The molecule has 1 saturated heterocycles. The molecule has 0 N–H and O–H groups in total. The predicted octanol–water partition coefficient (Wildman–Crippen LogP) is 3.03. The molecule has 1 aliphatic rings. The fourth-order valence-corrected chi connectivity index (χ4v) is 2.58. The monoisotopic (exact) mass is 276 g/mol. The van der Waals surface area contributed by atoms with E-state index in [1.165, 1.54) is 11.1 Å². The van der Waals surface area contributed by atoms with E-state index in [9.17, 15) is 0 Å². The molecule has 4 heteroatoms. The highest BCUT2D eigenvalue weighted by Gasteiger charge is 2.18. The summed E-state index contributed by atoms with van der Waals surface area (Å²) in [6.07, 6.45) is 7.46. The van der Waals surface area contributed by atoms with Gasteiger partial charge in [-0.2, -0.15) is 5.26 Å². The molecule has 0 saturated carbocycles. The van der Waals surface area contributed by atoms with E-state index in [-0.39, 0.29) is 0 Å². The van der Waals surface area contributed by atoms with E-state index in [0.717, 1.165) is 25.9 Å². The quantitative estimate of drug-likeness (QED) is 0.846. The molecule has 0 radical (unpaired) electrons. The number of piperidine rings is 1. The molecule has 104 valence electrons. The third-order valence-corrected chi connectivity index (χ3v) is 3.66. The zero-order valence-electron chi connectivity index (χ0n) is 11.7. The highest BCUT2D eigenvalue weighted by molar-refractivity contribution is 5.55. The molecule has 0 aliphatic carbocycles. The van der Waals surface area contributed by atoms with Crippen LogP contribution in [-0.2, 0) is 0 Å². The van der Waals surface area contributed by atoms with E-state index in [1.54, 1.807) is 12.4 Å². The topological polar surface area (TPSA) is 52.8 Å². The van der Waals surface area contributed by atoms with Crippen molar-refractivity contribution < 1.29 is 0 Å². The first-order valence-corrected chi connectivity index (χ1v) is 7.07. The lowest BCUT2D eigenvalue weighted by atomic mass is 10.0. The van der Waals surface area contributed by atoms with Gasteiger partial charge < -0.3 is 4.90 Å². The lowest BCUT2D eigenvalue weighted by Crippen LogP contribution is -2.32. The van der Waals surface area contributed by atoms with Crippen LogP contribution in [0.3, 0.4) is 0 Å².